The monoisotopic (exact) mass is 261 g/mol. The summed E-state index contributed by atoms with van der Waals surface area (Å²) in [6.07, 6.45) is 0. The van der Waals surface area contributed by atoms with Gasteiger partial charge in [0.25, 0.3) is 0 Å². The first kappa shape index (κ1) is 12.8. The molecule has 3 nitrogen and oxygen atoms in total. The van der Waals surface area contributed by atoms with Crippen molar-refractivity contribution in [2.75, 3.05) is 5.73 Å². The summed E-state index contributed by atoms with van der Waals surface area (Å²) < 4.78 is 0. The Labute approximate surface area is 112 Å². The zero-order chi connectivity index (χ0) is 13.3. The fourth-order valence-corrected chi connectivity index (χ4v) is 2.16. The van der Waals surface area contributed by atoms with E-state index in [2.05, 4.69) is 29.9 Å². The minimum Gasteiger partial charge on any atom is -0.368 e. The maximum Gasteiger partial charge on any atom is 0.222 e. The lowest BCUT2D eigenvalue weighted by atomic mass is 9.94. The molecule has 1 aromatic heterocycles. The number of benzene rings is 1. The minimum absolute atomic E-state index is 0.208. The number of hydrogen-bond donors (Lipinski definition) is 1. The Morgan fingerprint density at radius 3 is 2.50 bits per heavy atom. The molecule has 0 atom stereocenters. The zero-order valence-electron chi connectivity index (χ0n) is 10.7. The molecule has 0 aliphatic rings. The van der Waals surface area contributed by atoms with E-state index < -0.39 is 0 Å². The van der Waals surface area contributed by atoms with Crippen molar-refractivity contribution in [3.05, 3.63) is 40.5 Å². The second-order valence-electron chi connectivity index (χ2n) is 4.59. The van der Waals surface area contributed by atoms with Crippen molar-refractivity contribution in [2.24, 2.45) is 0 Å². The van der Waals surface area contributed by atoms with E-state index in [4.69, 9.17) is 17.3 Å². The van der Waals surface area contributed by atoms with Crippen molar-refractivity contribution in [1.29, 1.82) is 0 Å². The van der Waals surface area contributed by atoms with Gasteiger partial charge in [-0.05, 0) is 18.4 Å². The van der Waals surface area contributed by atoms with Crippen molar-refractivity contribution in [1.82, 2.24) is 9.97 Å². The molecule has 0 amide bonds. The third-order valence-corrected chi connectivity index (χ3v) is 3.31. The molecule has 0 bridgehead atoms. The topological polar surface area (TPSA) is 51.8 Å². The molecule has 0 unspecified atom stereocenters. The summed E-state index contributed by atoms with van der Waals surface area (Å²) >= 11 is 6.07. The van der Waals surface area contributed by atoms with Crippen LogP contribution < -0.4 is 5.73 Å². The van der Waals surface area contributed by atoms with Gasteiger partial charge >= 0.3 is 0 Å². The second-order valence-corrected chi connectivity index (χ2v) is 4.95. The van der Waals surface area contributed by atoms with Crippen LogP contribution in [0.15, 0.2) is 24.3 Å². The lowest BCUT2D eigenvalue weighted by Crippen LogP contribution is -2.02. The first-order valence-electron chi connectivity index (χ1n) is 5.89. The summed E-state index contributed by atoms with van der Waals surface area (Å²) in [6.45, 7) is 6.22. The molecule has 2 aromatic rings. The Balaban J connectivity index is 2.69. The number of aromatic nitrogens is 2. The molecule has 4 heteroatoms. The van der Waals surface area contributed by atoms with Gasteiger partial charge in [0.05, 0.1) is 5.69 Å². The Morgan fingerprint density at radius 1 is 1.17 bits per heavy atom. The standard InChI is InChI=1S/C14H16ClN3/c1-8(2)10-6-4-5-7-11(10)12-9(3)13(15)18-14(16)17-12/h4-8H,1-3H3,(H2,16,17,18). The van der Waals surface area contributed by atoms with Gasteiger partial charge in [-0.15, -0.1) is 0 Å². The van der Waals surface area contributed by atoms with E-state index in [1.807, 2.05) is 25.1 Å². The molecular formula is C14H16ClN3. The van der Waals surface area contributed by atoms with E-state index in [9.17, 15) is 0 Å². The van der Waals surface area contributed by atoms with Crippen LogP contribution in [0, 0.1) is 6.92 Å². The maximum absolute atomic E-state index is 6.07. The van der Waals surface area contributed by atoms with Crippen LogP contribution in [0.1, 0.15) is 30.9 Å². The SMILES string of the molecule is Cc1c(Cl)nc(N)nc1-c1ccccc1C(C)C. The summed E-state index contributed by atoms with van der Waals surface area (Å²) in [4.78, 5) is 8.30. The van der Waals surface area contributed by atoms with Crippen LogP contribution in [-0.2, 0) is 0 Å². The zero-order valence-corrected chi connectivity index (χ0v) is 11.5. The highest BCUT2D eigenvalue weighted by atomic mass is 35.5. The average molecular weight is 262 g/mol. The minimum atomic E-state index is 0.208. The van der Waals surface area contributed by atoms with Gasteiger partial charge in [0, 0.05) is 11.1 Å². The highest BCUT2D eigenvalue weighted by Crippen LogP contribution is 2.32. The number of rotatable bonds is 2. The first-order chi connectivity index (χ1) is 8.50. The summed E-state index contributed by atoms with van der Waals surface area (Å²) in [5, 5.41) is 0.413. The summed E-state index contributed by atoms with van der Waals surface area (Å²) in [7, 11) is 0. The Morgan fingerprint density at radius 2 is 1.83 bits per heavy atom. The van der Waals surface area contributed by atoms with Crippen LogP contribution in [0.5, 0.6) is 0 Å². The summed E-state index contributed by atoms with van der Waals surface area (Å²) in [5.41, 5.74) is 9.66. The Bertz CT molecular complexity index is 579. The number of anilines is 1. The molecular weight excluding hydrogens is 246 g/mol. The fraction of sp³-hybridized carbons (Fsp3) is 0.286. The molecule has 0 saturated heterocycles. The third kappa shape index (κ3) is 2.31. The van der Waals surface area contributed by atoms with Gasteiger partial charge in [-0.25, -0.2) is 9.97 Å². The van der Waals surface area contributed by atoms with E-state index >= 15 is 0 Å². The lowest BCUT2D eigenvalue weighted by Gasteiger charge is -2.14. The van der Waals surface area contributed by atoms with E-state index in [1.54, 1.807) is 0 Å². The smallest absolute Gasteiger partial charge is 0.222 e. The molecule has 0 saturated carbocycles. The maximum atomic E-state index is 6.07. The van der Waals surface area contributed by atoms with E-state index in [-0.39, 0.29) is 5.95 Å². The third-order valence-electron chi connectivity index (χ3n) is 2.94. The molecule has 94 valence electrons. The van der Waals surface area contributed by atoms with Gasteiger partial charge in [0.2, 0.25) is 5.95 Å². The summed E-state index contributed by atoms with van der Waals surface area (Å²) in [5.74, 6) is 0.620. The van der Waals surface area contributed by atoms with Crippen LogP contribution in [0.4, 0.5) is 5.95 Å². The van der Waals surface area contributed by atoms with Gasteiger partial charge in [-0.2, -0.15) is 0 Å². The molecule has 2 N–H and O–H groups in total. The van der Waals surface area contributed by atoms with Crippen molar-refractivity contribution >= 4 is 17.5 Å². The molecule has 1 aromatic carbocycles. The number of nitrogens with zero attached hydrogens (tertiary/aromatic N) is 2. The van der Waals surface area contributed by atoms with E-state index in [1.165, 1.54) is 5.56 Å². The predicted octanol–water partition coefficient (Wildman–Crippen LogP) is 3.81. The number of nitrogen functional groups attached to an aromatic ring is 1. The number of halogens is 1. The molecule has 0 spiro atoms. The summed E-state index contributed by atoms with van der Waals surface area (Å²) in [6, 6.07) is 8.17. The van der Waals surface area contributed by atoms with Crippen LogP contribution in [0.2, 0.25) is 5.15 Å². The van der Waals surface area contributed by atoms with Crippen molar-refractivity contribution < 1.29 is 0 Å². The van der Waals surface area contributed by atoms with Crippen LogP contribution in [0.25, 0.3) is 11.3 Å². The average Bonchev–Trinajstić information content (AvgIpc) is 2.33. The van der Waals surface area contributed by atoms with Gasteiger partial charge in [-0.3, -0.25) is 0 Å². The van der Waals surface area contributed by atoms with Crippen LogP contribution >= 0.6 is 11.6 Å². The molecule has 18 heavy (non-hydrogen) atoms. The number of nitrogens with two attached hydrogens (primary N) is 1. The fourth-order valence-electron chi connectivity index (χ4n) is 1.98. The van der Waals surface area contributed by atoms with Crippen molar-refractivity contribution in [3.8, 4) is 11.3 Å². The number of hydrogen-bond acceptors (Lipinski definition) is 3. The molecule has 0 fully saturated rings. The highest BCUT2D eigenvalue weighted by Gasteiger charge is 2.14. The van der Waals surface area contributed by atoms with Gasteiger partial charge in [0.15, 0.2) is 0 Å². The Hall–Kier alpha value is -1.61. The van der Waals surface area contributed by atoms with E-state index in [0.717, 1.165) is 16.8 Å². The van der Waals surface area contributed by atoms with Crippen LogP contribution in [0.3, 0.4) is 0 Å². The van der Waals surface area contributed by atoms with E-state index in [0.29, 0.717) is 11.1 Å². The molecule has 0 aliphatic heterocycles. The van der Waals surface area contributed by atoms with Gasteiger partial charge < -0.3 is 5.73 Å². The first-order valence-corrected chi connectivity index (χ1v) is 6.27. The normalized spacial score (nSPS) is 10.9. The Kier molecular flexibility index (Phi) is 3.53. The predicted molar refractivity (Wildman–Crippen MR) is 75.7 cm³/mol. The lowest BCUT2D eigenvalue weighted by molar-refractivity contribution is 0.867. The van der Waals surface area contributed by atoms with Gasteiger partial charge in [0.1, 0.15) is 5.15 Å². The molecule has 1 heterocycles. The largest absolute Gasteiger partial charge is 0.368 e. The molecule has 2 rings (SSSR count). The quantitative estimate of drug-likeness (QED) is 0.837. The van der Waals surface area contributed by atoms with Crippen molar-refractivity contribution in [2.45, 2.75) is 26.7 Å². The van der Waals surface area contributed by atoms with Gasteiger partial charge in [-0.1, -0.05) is 49.7 Å². The second kappa shape index (κ2) is 4.94. The molecule has 0 aliphatic carbocycles. The molecule has 0 radical (unpaired) electrons. The van der Waals surface area contributed by atoms with Crippen molar-refractivity contribution in [3.63, 3.8) is 0 Å². The highest BCUT2D eigenvalue weighted by molar-refractivity contribution is 6.30. The van der Waals surface area contributed by atoms with Crippen LogP contribution in [-0.4, -0.2) is 9.97 Å².